The number of amides is 1. The van der Waals surface area contributed by atoms with Crippen molar-refractivity contribution in [2.24, 2.45) is 0 Å². The lowest BCUT2D eigenvalue weighted by atomic mass is 10.2. The summed E-state index contributed by atoms with van der Waals surface area (Å²) in [5.41, 5.74) is 0.108. The molecule has 1 amide bonds. The van der Waals surface area contributed by atoms with Crippen LogP contribution in [0.2, 0.25) is 10.0 Å². The summed E-state index contributed by atoms with van der Waals surface area (Å²) < 4.78 is 31.2. The number of carbonyl (C=O) groups excluding carboxylic acids is 2. The van der Waals surface area contributed by atoms with Gasteiger partial charge in [0.1, 0.15) is 6.07 Å². The third-order valence-electron chi connectivity index (χ3n) is 3.24. The lowest BCUT2D eigenvalue weighted by molar-refractivity contribution is -0.123. The zero-order valence-corrected chi connectivity index (χ0v) is 14.7. The molecule has 134 valence electrons. The highest BCUT2D eigenvalue weighted by molar-refractivity contribution is 6.33. The third-order valence-corrected chi connectivity index (χ3v) is 3.87. The Bertz CT molecular complexity index is 929. The minimum Gasteiger partial charge on any atom is -0.449 e. The van der Waals surface area contributed by atoms with Crippen molar-refractivity contribution in [1.82, 2.24) is 0 Å². The summed E-state index contributed by atoms with van der Waals surface area (Å²) in [7, 11) is 0. The summed E-state index contributed by atoms with van der Waals surface area (Å²) in [4.78, 5) is 24.1. The maximum Gasteiger partial charge on any atom is 0.340 e. The molecule has 0 radical (unpaired) electrons. The molecule has 1 N–H and O–H groups in total. The number of hydrogen-bond donors (Lipinski definition) is 1. The number of nitriles is 1. The van der Waals surface area contributed by atoms with E-state index in [1.54, 1.807) is 0 Å². The number of esters is 1. The number of hydrogen-bond acceptors (Lipinski definition) is 4. The quantitative estimate of drug-likeness (QED) is 0.613. The molecule has 0 saturated heterocycles. The first-order valence-electron chi connectivity index (χ1n) is 7.09. The van der Waals surface area contributed by atoms with Gasteiger partial charge in [0.2, 0.25) is 0 Å². The van der Waals surface area contributed by atoms with Crippen LogP contribution >= 0.6 is 23.2 Å². The lowest BCUT2D eigenvalue weighted by Gasteiger charge is -2.14. The van der Waals surface area contributed by atoms with Crippen LogP contribution in [0.4, 0.5) is 14.5 Å². The van der Waals surface area contributed by atoms with Gasteiger partial charge in [-0.3, -0.25) is 4.79 Å². The smallest absolute Gasteiger partial charge is 0.340 e. The Morgan fingerprint density at radius 2 is 1.81 bits per heavy atom. The SMILES string of the molecule is CC(OC(=O)c1cc(F)c(F)cc1Cl)C(=O)Nc1ccc(C#N)c(Cl)c1. The van der Waals surface area contributed by atoms with Crippen molar-refractivity contribution in [3.05, 3.63) is 63.1 Å². The summed E-state index contributed by atoms with van der Waals surface area (Å²) in [6, 6.07) is 7.32. The van der Waals surface area contributed by atoms with Crippen molar-refractivity contribution in [1.29, 1.82) is 5.26 Å². The van der Waals surface area contributed by atoms with Crippen molar-refractivity contribution in [3.8, 4) is 6.07 Å². The van der Waals surface area contributed by atoms with Gasteiger partial charge in [0.15, 0.2) is 17.7 Å². The zero-order valence-electron chi connectivity index (χ0n) is 13.1. The number of carbonyl (C=O) groups is 2. The Kier molecular flexibility index (Phi) is 6.14. The van der Waals surface area contributed by atoms with Crippen LogP contribution in [0.1, 0.15) is 22.8 Å². The van der Waals surface area contributed by atoms with Gasteiger partial charge >= 0.3 is 5.97 Å². The molecule has 0 fully saturated rings. The Labute approximate surface area is 157 Å². The van der Waals surface area contributed by atoms with E-state index in [1.165, 1.54) is 25.1 Å². The maximum absolute atomic E-state index is 13.2. The molecule has 0 heterocycles. The van der Waals surface area contributed by atoms with E-state index in [1.807, 2.05) is 6.07 Å². The first-order valence-corrected chi connectivity index (χ1v) is 7.84. The van der Waals surface area contributed by atoms with Gasteiger partial charge in [-0.15, -0.1) is 0 Å². The minimum absolute atomic E-state index is 0.142. The predicted octanol–water partition coefficient (Wildman–Crippen LogP) is 4.33. The number of nitrogens with zero attached hydrogens (tertiary/aromatic N) is 1. The van der Waals surface area contributed by atoms with E-state index < -0.39 is 35.2 Å². The number of nitrogens with one attached hydrogen (secondary N) is 1. The molecule has 2 rings (SSSR count). The second-order valence-corrected chi connectivity index (χ2v) is 5.90. The number of anilines is 1. The van der Waals surface area contributed by atoms with E-state index in [-0.39, 0.29) is 21.3 Å². The molecular formula is C17H10Cl2F2N2O3. The molecule has 0 aliphatic carbocycles. The molecule has 1 unspecified atom stereocenters. The summed E-state index contributed by atoms with van der Waals surface area (Å²) in [5, 5.41) is 11.0. The number of ether oxygens (including phenoxy) is 1. The molecule has 0 saturated carbocycles. The average molecular weight is 399 g/mol. The van der Waals surface area contributed by atoms with Crippen molar-refractivity contribution in [2.45, 2.75) is 13.0 Å². The van der Waals surface area contributed by atoms with Crippen LogP contribution in [-0.4, -0.2) is 18.0 Å². The van der Waals surface area contributed by atoms with Gasteiger partial charge in [0, 0.05) is 5.69 Å². The Morgan fingerprint density at radius 1 is 1.15 bits per heavy atom. The molecule has 5 nitrogen and oxygen atoms in total. The molecular weight excluding hydrogens is 389 g/mol. The molecule has 0 aromatic heterocycles. The number of rotatable bonds is 4. The van der Waals surface area contributed by atoms with E-state index in [2.05, 4.69) is 5.32 Å². The Morgan fingerprint density at radius 3 is 2.42 bits per heavy atom. The molecule has 0 aliphatic rings. The minimum atomic E-state index is -1.27. The van der Waals surface area contributed by atoms with Crippen molar-refractivity contribution < 1.29 is 23.1 Å². The molecule has 0 bridgehead atoms. The van der Waals surface area contributed by atoms with Gasteiger partial charge in [-0.05, 0) is 37.3 Å². The standard InChI is InChI=1S/C17H10Cl2F2N2O3/c1-8(16(24)23-10-3-2-9(7-22)12(18)4-10)26-17(25)11-5-14(20)15(21)6-13(11)19/h2-6,8H,1H3,(H,23,24). The van der Waals surface area contributed by atoms with Crippen LogP contribution in [0.3, 0.4) is 0 Å². The van der Waals surface area contributed by atoms with Crippen molar-refractivity contribution in [2.75, 3.05) is 5.32 Å². The van der Waals surface area contributed by atoms with Gasteiger partial charge < -0.3 is 10.1 Å². The molecule has 0 aliphatic heterocycles. The Hall–Kier alpha value is -2.69. The van der Waals surface area contributed by atoms with Crippen LogP contribution in [-0.2, 0) is 9.53 Å². The monoisotopic (exact) mass is 398 g/mol. The molecule has 9 heteroatoms. The van der Waals surface area contributed by atoms with E-state index in [0.717, 1.165) is 0 Å². The summed E-state index contributed by atoms with van der Waals surface area (Å²) in [5.74, 6) is -4.27. The number of halogens is 4. The first-order chi connectivity index (χ1) is 12.2. The van der Waals surface area contributed by atoms with E-state index in [9.17, 15) is 18.4 Å². The molecule has 2 aromatic rings. The topological polar surface area (TPSA) is 79.2 Å². The lowest BCUT2D eigenvalue weighted by Crippen LogP contribution is -2.30. The molecule has 1 atom stereocenters. The maximum atomic E-state index is 13.2. The van der Waals surface area contributed by atoms with Crippen LogP contribution in [0.25, 0.3) is 0 Å². The highest BCUT2D eigenvalue weighted by Gasteiger charge is 2.22. The summed E-state index contributed by atoms with van der Waals surface area (Å²) in [6.07, 6.45) is -1.26. The fraction of sp³-hybridized carbons (Fsp3) is 0.118. The normalized spacial score (nSPS) is 11.4. The second-order valence-electron chi connectivity index (χ2n) is 5.09. The molecule has 0 spiro atoms. The van der Waals surface area contributed by atoms with Gasteiger partial charge in [-0.25, -0.2) is 13.6 Å². The Balaban J connectivity index is 2.07. The van der Waals surface area contributed by atoms with E-state index >= 15 is 0 Å². The average Bonchev–Trinajstić information content (AvgIpc) is 2.58. The highest BCUT2D eigenvalue weighted by Crippen LogP contribution is 2.22. The van der Waals surface area contributed by atoms with Crippen LogP contribution < -0.4 is 5.32 Å². The predicted molar refractivity (Wildman–Crippen MR) is 91.0 cm³/mol. The summed E-state index contributed by atoms with van der Waals surface area (Å²) in [6.45, 7) is 1.28. The van der Waals surface area contributed by atoms with Gasteiger partial charge in [0.05, 0.1) is 21.2 Å². The fourth-order valence-corrected chi connectivity index (χ4v) is 2.33. The zero-order chi connectivity index (χ0) is 19.4. The van der Waals surface area contributed by atoms with Crippen LogP contribution in [0.5, 0.6) is 0 Å². The van der Waals surface area contributed by atoms with Gasteiger partial charge in [-0.1, -0.05) is 23.2 Å². The summed E-state index contributed by atoms with van der Waals surface area (Å²) >= 11 is 11.5. The van der Waals surface area contributed by atoms with Gasteiger partial charge in [0.25, 0.3) is 5.91 Å². The second kappa shape index (κ2) is 8.13. The van der Waals surface area contributed by atoms with Gasteiger partial charge in [-0.2, -0.15) is 5.26 Å². The van der Waals surface area contributed by atoms with Crippen LogP contribution in [0, 0.1) is 23.0 Å². The van der Waals surface area contributed by atoms with E-state index in [0.29, 0.717) is 12.1 Å². The third kappa shape index (κ3) is 4.48. The van der Waals surface area contributed by atoms with Crippen molar-refractivity contribution >= 4 is 40.8 Å². The van der Waals surface area contributed by atoms with Crippen LogP contribution in [0.15, 0.2) is 30.3 Å². The highest BCUT2D eigenvalue weighted by atomic mass is 35.5. The molecule has 2 aromatic carbocycles. The number of benzene rings is 2. The van der Waals surface area contributed by atoms with E-state index in [4.69, 9.17) is 33.2 Å². The first kappa shape index (κ1) is 19.6. The molecule has 26 heavy (non-hydrogen) atoms. The fourth-order valence-electron chi connectivity index (χ4n) is 1.88. The largest absolute Gasteiger partial charge is 0.449 e. The van der Waals surface area contributed by atoms with Crippen molar-refractivity contribution in [3.63, 3.8) is 0 Å².